The van der Waals surface area contributed by atoms with E-state index in [-0.39, 0.29) is 18.9 Å². The standard InChI is InChI=1S/C18H14Cl2N2O3/c1-11-5-2-3-6-12(11)18-21-16(25-22-18)10-24-17(23)9-13-14(19)7-4-8-15(13)20/h2-8H,9-10H2,1H3. The fourth-order valence-electron chi connectivity index (χ4n) is 2.29. The van der Waals surface area contributed by atoms with Gasteiger partial charge < -0.3 is 9.26 Å². The van der Waals surface area contributed by atoms with Gasteiger partial charge >= 0.3 is 5.97 Å². The third kappa shape index (κ3) is 4.18. The molecule has 0 radical (unpaired) electrons. The number of aromatic nitrogens is 2. The number of ether oxygens (including phenoxy) is 1. The Kier molecular flexibility index (Phi) is 5.36. The maximum absolute atomic E-state index is 12.0. The number of hydrogen-bond acceptors (Lipinski definition) is 5. The van der Waals surface area contributed by atoms with Gasteiger partial charge in [0.25, 0.3) is 5.89 Å². The SMILES string of the molecule is Cc1ccccc1-c1noc(COC(=O)Cc2c(Cl)cccc2Cl)n1. The second kappa shape index (κ2) is 7.68. The molecule has 0 aliphatic heterocycles. The van der Waals surface area contributed by atoms with Crippen molar-refractivity contribution in [2.75, 3.05) is 0 Å². The Morgan fingerprint density at radius 3 is 2.56 bits per heavy atom. The van der Waals surface area contributed by atoms with E-state index in [9.17, 15) is 4.79 Å². The topological polar surface area (TPSA) is 65.2 Å². The van der Waals surface area contributed by atoms with Crippen molar-refractivity contribution in [1.82, 2.24) is 10.1 Å². The number of aryl methyl sites for hydroxylation is 1. The van der Waals surface area contributed by atoms with Gasteiger partial charge in [0.2, 0.25) is 5.82 Å². The summed E-state index contributed by atoms with van der Waals surface area (Å²) in [5, 5.41) is 4.76. The molecule has 0 saturated carbocycles. The van der Waals surface area contributed by atoms with E-state index in [2.05, 4.69) is 10.1 Å². The molecule has 3 aromatic rings. The van der Waals surface area contributed by atoms with Crippen LogP contribution in [0.4, 0.5) is 0 Å². The van der Waals surface area contributed by atoms with Crippen molar-refractivity contribution in [1.29, 1.82) is 0 Å². The van der Waals surface area contributed by atoms with Crippen LogP contribution in [0.3, 0.4) is 0 Å². The fourth-order valence-corrected chi connectivity index (χ4v) is 2.82. The Labute approximate surface area is 154 Å². The lowest BCUT2D eigenvalue weighted by Gasteiger charge is -2.06. The highest BCUT2D eigenvalue weighted by atomic mass is 35.5. The Balaban J connectivity index is 1.63. The lowest BCUT2D eigenvalue weighted by molar-refractivity contribution is -0.144. The molecule has 25 heavy (non-hydrogen) atoms. The molecule has 0 fully saturated rings. The van der Waals surface area contributed by atoms with Crippen LogP contribution < -0.4 is 0 Å². The molecule has 0 aliphatic carbocycles. The summed E-state index contributed by atoms with van der Waals surface area (Å²) in [6.45, 7) is 1.85. The summed E-state index contributed by atoms with van der Waals surface area (Å²) in [5.41, 5.74) is 2.42. The first-order valence-corrected chi connectivity index (χ1v) is 8.27. The van der Waals surface area contributed by atoms with Crippen LogP contribution in [0.15, 0.2) is 47.0 Å². The quantitative estimate of drug-likeness (QED) is 0.606. The molecule has 3 rings (SSSR count). The van der Waals surface area contributed by atoms with Gasteiger partial charge in [-0.15, -0.1) is 0 Å². The monoisotopic (exact) mass is 376 g/mol. The fraction of sp³-hybridized carbons (Fsp3) is 0.167. The first-order chi connectivity index (χ1) is 12.0. The van der Waals surface area contributed by atoms with Gasteiger partial charge in [0.05, 0.1) is 6.42 Å². The van der Waals surface area contributed by atoms with Gasteiger partial charge in [0.15, 0.2) is 6.61 Å². The molecule has 128 valence electrons. The highest BCUT2D eigenvalue weighted by molar-refractivity contribution is 6.36. The van der Waals surface area contributed by atoms with Gasteiger partial charge in [-0.2, -0.15) is 4.98 Å². The number of nitrogens with zero attached hydrogens (tertiary/aromatic N) is 2. The lowest BCUT2D eigenvalue weighted by atomic mass is 10.1. The average molecular weight is 377 g/mol. The maximum Gasteiger partial charge on any atom is 0.310 e. The average Bonchev–Trinajstić information content (AvgIpc) is 3.06. The molecule has 0 amide bonds. The predicted octanol–water partition coefficient (Wildman–Crippen LogP) is 4.64. The molecule has 1 heterocycles. The van der Waals surface area contributed by atoms with Crippen molar-refractivity contribution < 1.29 is 14.1 Å². The number of carbonyl (C=O) groups excluding carboxylic acids is 1. The van der Waals surface area contributed by atoms with Crippen molar-refractivity contribution >= 4 is 29.2 Å². The minimum Gasteiger partial charge on any atom is -0.455 e. The van der Waals surface area contributed by atoms with E-state index >= 15 is 0 Å². The molecule has 0 spiro atoms. The van der Waals surface area contributed by atoms with Crippen LogP contribution in [0.1, 0.15) is 17.0 Å². The Hall–Kier alpha value is -2.37. The van der Waals surface area contributed by atoms with E-state index in [1.165, 1.54) is 0 Å². The van der Waals surface area contributed by atoms with E-state index in [1.54, 1.807) is 18.2 Å². The van der Waals surface area contributed by atoms with Gasteiger partial charge in [-0.1, -0.05) is 58.7 Å². The Morgan fingerprint density at radius 1 is 1.12 bits per heavy atom. The summed E-state index contributed by atoms with van der Waals surface area (Å²) in [4.78, 5) is 16.2. The molecule has 0 saturated heterocycles. The second-order valence-electron chi connectivity index (χ2n) is 5.36. The zero-order chi connectivity index (χ0) is 17.8. The molecule has 0 N–H and O–H groups in total. The van der Waals surface area contributed by atoms with Crippen LogP contribution in [0.25, 0.3) is 11.4 Å². The van der Waals surface area contributed by atoms with Crippen LogP contribution in [0, 0.1) is 6.92 Å². The third-order valence-corrected chi connectivity index (χ3v) is 4.30. The number of benzene rings is 2. The van der Waals surface area contributed by atoms with Crippen LogP contribution in [0.2, 0.25) is 10.0 Å². The minimum atomic E-state index is -0.481. The van der Waals surface area contributed by atoms with E-state index in [0.29, 0.717) is 21.4 Å². The first kappa shape index (κ1) is 17.5. The summed E-state index contributed by atoms with van der Waals surface area (Å²) in [5.74, 6) is 0.195. The number of rotatable bonds is 5. The first-order valence-electron chi connectivity index (χ1n) is 7.51. The van der Waals surface area contributed by atoms with Crippen molar-refractivity contribution in [3.63, 3.8) is 0 Å². The van der Waals surface area contributed by atoms with Crippen LogP contribution in [-0.4, -0.2) is 16.1 Å². The highest BCUT2D eigenvalue weighted by Gasteiger charge is 2.15. The van der Waals surface area contributed by atoms with Gasteiger partial charge in [-0.3, -0.25) is 4.79 Å². The Bertz CT molecular complexity index is 889. The maximum atomic E-state index is 12.0. The molecule has 0 aliphatic rings. The van der Waals surface area contributed by atoms with Crippen LogP contribution in [0.5, 0.6) is 0 Å². The summed E-state index contributed by atoms with van der Waals surface area (Å²) in [6, 6.07) is 12.7. The van der Waals surface area contributed by atoms with Gasteiger partial charge in [-0.05, 0) is 24.6 Å². The summed E-state index contributed by atoms with van der Waals surface area (Å²) in [6.07, 6.45) is -0.0305. The summed E-state index contributed by atoms with van der Waals surface area (Å²) >= 11 is 12.1. The molecular formula is C18H14Cl2N2O3. The molecule has 0 atom stereocenters. The summed E-state index contributed by atoms with van der Waals surface area (Å²) in [7, 11) is 0. The van der Waals surface area contributed by atoms with Gasteiger partial charge in [0.1, 0.15) is 0 Å². The van der Waals surface area contributed by atoms with E-state index in [0.717, 1.165) is 11.1 Å². The predicted molar refractivity (Wildman–Crippen MR) is 94.4 cm³/mol. The number of halogens is 2. The Morgan fingerprint density at radius 2 is 1.84 bits per heavy atom. The van der Waals surface area contributed by atoms with Crippen LogP contribution in [-0.2, 0) is 22.6 Å². The second-order valence-corrected chi connectivity index (χ2v) is 6.18. The van der Waals surface area contributed by atoms with E-state index in [1.807, 2.05) is 31.2 Å². The molecule has 0 bridgehead atoms. The third-order valence-electron chi connectivity index (χ3n) is 3.59. The largest absolute Gasteiger partial charge is 0.455 e. The zero-order valence-electron chi connectivity index (χ0n) is 13.3. The van der Waals surface area contributed by atoms with Gasteiger partial charge in [0, 0.05) is 21.2 Å². The van der Waals surface area contributed by atoms with E-state index in [4.69, 9.17) is 32.5 Å². The smallest absolute Gasteiger partial charge is 0.310 e. The van der Waals surface area contributed by atoms with Crippen molar-refractivity contribution in [3.05, 3.63) is 69.5 Å². The molecule has 5 nitrogen and oxygen atoms in total. The number of hydrogen-bond donors (Lipinski definition) is 0. The van der Waals surface area contributed by atoms with Crippen molar-refractivity contribution in [2.24, 2.45) is 0 Å². The molecule has 0 unspecified atom stereocenters. The molecule has 2 aromatic carbocycles. The summed E-state index contributed by atoms with van der Waals surface area (Å²) < 4.78 is 10.3. The molecule has 1 aromatic heterocycles. The lowest BCUT2D eigenvalue weighted by Crippen LogP contribution is -2.09. The number of esters is 1. The highest BCUT2D eigenvalue weighted by Crippen LogP contribution is 2.25. The van der Waals surface area contributed by atoms with Crippen molar-refractivity contribution in [3.8, 4) is 11.4 Å². The molecule has 7 heteroatoms. The van der Waals surface area contributed by atoms with E-state index < -0.39 is 5.97 Å². The molecular weight excluding hydrogens is 363 g/mol. The number of carbonyl (C=O) groups is 1. The van der Waals surface area contributed by atoms with Gasteiger partial charge in [-0.25, -0.2) is 0 Å². The normalized spacial score (nSPS) is 10.7. The zero-order valence-corrected chi connectivity index (χ0v) is 14.8. The van der Waals surface area contributed by atoms with Crippen LogP contribution >= 0.6 is 23.2 Å². The minimum absolute atomic E-state index is 0.0305. The van der Waals surface area contributed by atoms with Crippen molar-refractivity contribution in [2.45, 2.75) is 20.0 Å².